The highest BCUT2D eigenvalue weighted by Gasteiger charge is 2.12. The minimum atomic E-state index is 0.0931. The van der Waals surface area contributed by atoms with Crippen LogP contribution in [0.3, 0.4) is 0 Å². The average Bonchev–Trinajstić information content (AvgIpc) is 2.85. The van der Waals surface area contributed by atoms with E-state index < -0.39 is 0 Å². The molecule has 2 aromatic rings. The molecule has 0 N–H and O–H groups in total. The standard InChI is InChI=1S/C15H14BrCl2NOS/c1-19(8-12-7-11(16)9-21-12)14(20)6-5-10-3-2-4-13(17)15(10)18/h2-4,7,9H,5-6,8H2,1H3. The predicted molar refractivity (Wildman–Crippen MR) is 93.3 cm³/mol. The topological polar surface area (TPSA) is 20.3 Å². The molecule has 1 aromatic carbocycles. The van der Waals surface area contributed by atoms with Crippen molar-refractivity contribution < 1.29 is 4.79 Å². The largest absolute Gasteiger partial charge is 0.341 e. The van der Waals surface area contributed by atoms with Crippen molar-refractivity contribution in [1.29, 1.82) is 0 Å². The van der Waals surface area contributed by atoms with Crippen molar-refractivity contribution in [3.05, 3.63) is 54.6 Å². The molecule has 1 heterocycles. The second kappa shape index (κ2) is 7.63. The molecular formula is C15H14BrCl2NOS. The van der Waals surface area contributed by atoms with Gasteiger partial charge in [0.1, 0.15) is 0 Å². The molecule has 0 bridgehead atoms. The molecule has 1 amide bonds. The summed E-state index contributed by atoms with van der Waals surface area (Å²) in [6.07, 6.45) is 1.01. The van der Waals surface area contributed by atoms with Crippen LogP contribution in [-0.2, 0) is 17.8 Å². The molecule has 2 rings (SSSR count). The van der Waals surface area contributed by atoms with Gasteiger partial charge in [-0.25, -0.2) is 0 Å². The Balaban J connectivity index is 1.90. The Morgan fingerprint density at radius 2 is 2.14 bits per heavy atom. The van der Waals surface area contributed by atoms with Crippen molar-refractivity contribution in [3.63, 3.8) is 0 Å². The highest BCUT2D eigenvalue weighted by Crippen LogP contribution is 2.26. The van der Waals surface area contributed by atoms with Crippen LogP contribution in [0.2, 0.25) is 10.0 Å². The Morgan fingerprint density at radius 3 is 2.81 bits per heavy atom. The Morgan fingerprint density at radius 1 is 1.38 bits per heavy atom. The van der Waals surface area contributed by atoms with Crippen LogP contribution >= 0.6 is 50.5 Å². The molecular weight excluding hydrogens is 393 g/mol. The maximum absolute atomic E-state index is 12.2. The Labute approximate surface area is 146 Å². The van der Waals surface area contributed by atoms with E-state index in [0.717, 1.165) is 14.9 Å². The molecule has 0 saturated heterocycles. The second-order valence-electron chi connectivity index (χ2n) is 4.69. The third kappa shape index (κ3) is 4.71. The molecule has 0 aliphatic rings. The lowest BCUT2D eigenvalue weighted by atomic mass is 10.1. The van der Waals surface area contributed by atoms with Gasteiger partial charge in [0.25, 0.3) is 0 Å². The molecule has 0 radical (unpaired) electrons. The van der Waals surface area contributed by atoms with Crippen molar-refractivity contribution in [2.24, 2.45) is 0 Å². The number of thiophene rings is 1. The molecule has 0 unspecified atom stereocenters. The van der Waals surface area contributed by atoms with E-state index in [9.17, 15) is 4.79 Å². The van der Waals surface area contributed by atoms with Crippen molar-refractivity contribution in [3.8, 4) is 0 Å². The van der Waals surface area contributed by atoms with E-state index >= 15 is 0 Å². The van der Waals surface area contributed by atoms with E-state index in [1.807, 2.05) is 30.6 Å². The van der Waals surface area contributed by atoms with Gasteiger partial charge in [-0.1, -0.05) is 35.3 Å². The number of nitrogens with zero attached hydrogens (tertiary/aromatic N) is 1. The summed E-state index contributed by atoms with van der Waals surface area (Å²) in [6, 6.07) is 7.52. The lowest BCUT2D eigenvalue weighted by Crippen LogP contribution is -2.26. The highest BCUT2D eigenvalue weighted by molar-refractivity contribution is 9.10. The van der Waals surface area contributed by atoms with Gasteiger partial charge in [0.15, 0.2) is 0 Å². The Kier molecular flexibility index (Phi) is 6.11. The van der Waals surface area contributed by atoms with Gasteiger partial charge in [-0.15, -0.1) is 11.3 Å². The summed E-state index contributed by atoms with van der Waals surface area (Å²) in [5.41, 5.74) is 0.907. The summed E-state index contributed by atoms with van der Waals surface area (Å²) in [5, 5.41) is 3.08. The smallest absolute Gasteiger partial charge is 0.222 e. The number of amides is 1. The Hall–Kier alpha value is -0.550. The highest BCUT2D eigenvalue weighted by atomic mass is 79.9. The maximum Gasteiger partial charge on any atom is 0.222 e. The fourth-order valence-corrected chi connectivity index (χ4v) is 3.85. The molecule has 0 aliphatic carbocycles. The molecule has 0 spiro atoms. The lowest BCUT2D eigenvalue weighted by molar-refractivity contribution is -0.130. The average molecular weight is 407 g/mol. The van der Waals surface area contributed by atoms with Gasteiger partial charge in [0.05, 0.1) is 16.6 Å². The van der Waals surface area contributed by atoms with E-state index in [2.05, 4.69) is 15.9 Å². The Bertz CT molecular complexity index is 644. The van der Waals surface area contributed by atoms with Crippen molar-refractivity contribution >= 4 is 56.4 Å². The van der Waals surface area contributed by atoms with Gasteiger partial charge < -0.3 is 4.90 Å². The second-order valence-corrected chi connectivity index (χ2v) is 7.39. The van der Waals surface area contributed by atoms with E-state index in [-0.39, 0.29) is 5.91 Å². The van der Waals surface area contributed by atoms with Crippen LogP contribution in [0, 0.1) is 0 Å². The molecule has 6 heteroatoms. The number of rotatable bonds is 5. The first-order valence-corrected chi connectivity index (χ1v) is 8.80. The van der Waals surface area contributed by atoms with Crippen LogP contribution in [0.4, 0.5) is 0 Å². The van der Waals surface area contributed by atoms with Crippen LogP contribution in [0.25, 0.3) is 0 Å². The van der Waals surface area contributed by atoms with Crippen LogP contribution < -0.4 is 0 Å². The monoisotopic (exact) mass is 405 g/mol. The van der Waals surface area contributed by atoms with E-state index in [4.69, 9.17) is 23.2 Å². The molecule has 112 valence electrons. The van der Waals surface area contributed by atoms with Crippen LogP contribution in [0.5, 0.6) is 0 Å². The van der Waals surface area contributed by atoms with E-state index in [0.29, 0.717) is 29.4 Å². The number of carbonyl (C=O) groups excluding carboxylic acids is 1. The zero-order chi connectivity index (χ0) is 15.4. The van der Waals surface area contributed by atoms with Crippen molar-refractivity contribution in [1.82, 2.24) is 4.90 Å². The SMILES string of the molecule is CN(Cc1cc(Br)cs1)C(=O)CCc1cccc(Cl)c1Cl. The molecule has 0 aliphatic heterocycles. The van der Waals surface area contributed by atoms with Gasteiger partial charge in [0, 0.05) is 28.2 Å². The summed E-state index contributed by atoms with van der Waals surface area (Å²) < 4.78 is 1.05. The molecule has 0 saturated carbocycles. The van der Waals surface area contributed by atoms with Crippen LogP contribution in [0.15, 0.2) is 34.1 Å². The van der Waals surface area contributed by atoms with Gasteiger partial charge in [0.2, 0.25) is 5.91 Å². The first-order valence-electron chi connectivity index (χ1n) is 6.37. The summed E-state index contributed by atoms with van der Waals surface area (Å²) in [7, 11) is 1.82. The van der Waals surface area contributed by atoms with E-state index in [1.54, 1.807) is 22.3 Å². The fraction of sp³-hybridized carbons (Fsp3) is 0.267. The zero-order valence-corrected chi connectivity index (χ0v) is 15.3. The summed E-state index contributed by atoms with van der Waals surface area (Å²) in [4.78, 5) is 15.1. The minimum Gasteiger partial charge on any atom is -0.341 e. The van der Waals surface area contributed by atoms with Gasteiger partial charge in [-0.05, 0) is 40.0 Å². The lowest BCUT2D eigenvalue weighted by Gasteiger charge is -2.16. The van der Waals surface area contributed by atoms with Gasteiger partial charge in [-0.3, -0.25) is 4.79 Å². The first-order chi connectivity index (χ1) is 9.97. The number of hydrogen-bond acceptors (Lipinski definition) is 2. The molecule has 0 fully saturated rings. The fourth-order valence-electron chi connectivity index (χ4n) is 1.93. The number of benzene rings is 1. The number of carbonyl (C=O) groups is 1. The van der Waals surface area contributed by atoms with Crippen LogP contribution in [0.1, 0.15) is 16.9 Å². The predicted octanol–water partition coefficient (Wildman–Crippen LogP) is 5.41. The van der Waals surface area contributed by atoms with Crippen LogP contribution in [-0.4, -0.2) is 17.9 Å². The summed E-state index contributed by atoms with van der Waals surface area (Å²) in [5.74, 6) is 0.0931. The third-order valence-corrected chi connectivity index (χ3v) is 5.62. The molecule has 1 aromatic heterocycles. The summed E-state index contributed by atoms with van der Waals surface area (Å²) in [6.45, 7) is 0.623. The zero-order valence-electron chi connectivity index (χ0n) is 11.4. The maximum atomic E-state index is 12.2. The first kappa shape index (κ1) is 16.8. The molecule has 21 heavy (non-hydrogen) atoms. The minimum absolute atomic E-state index is 0.0931. The quantitative estimate of drug-likeness (QED) is 0.650. The van der Waals surface area contributed by atoms with Crippen molar-refractivity contribution in [2.45, 2.75) is 19.4 Å². The third-order valence-electron chi connectivity index (χ3n) is 3.08. The normalized spacial score (nSPS) is 10.7. The number of aryl methyl sites for hydroxylation is 1. The van der Waals surface area contributed by atoms with E-state index in [1.165, 1.54) is 0 Å². The van der Waals surface area contributed by atoms with Gasteiger partial charge in [-0.2, -0.15) is 0 Å². The molecule has 2 nitrogen and oxygen atoms in total. The van der Waals surface area contributed by atoms with Gasteiger partial charge >= 0.3 is 0 Å². The molecule has 0 atom stereocenters. The van der Waals surface area contributed by atoms with Crippen molar-refractivity contribution in [2.75, 3.05) is 7.05 Å². The number of halogens is 3. The summed E-state index contributed by atoms with van der Waals surface area (Å²) >= 11 is 17.1. The number of hydrogen-bond donors (Lipinski definition) is 0.